The molecule has 3 aliphatic rings. The second kappa shape index (κ2) is 4.36. The summed E-state index contributed by atoms with van der Waals surface area (Å²) < 4.78 is 0. The number of nitrogens with one attached hydrogen (secondary N) is 2. The number of hydrogen-bond donors (Lipinski definition) is 2. The summed E-state index contributed by atoms with van der Waals surface area (Å²) in [7, 11) is 1.81. The lowest BCUT2D eigenvalue weighted by molar-refractivity contribution is -0.124. The third-order valence-corrected chi connectivity index (χ3v) is 4.90. The maximum absolute atomic E-state index is 11.4. The molecule has 2 bridgehead atoms. The number of amides is 1. The Kier molecular flexibility index (Phi) is 3.24. The highest BCUT2D eigenvalue weighted by Gasteiger charge is 2.53. The smallest absolute Gasteiger partial charge is 0.233 e. The molecule has 0 saturated heterocycles. The highest BCUT2D eigenvalue weighted by atomic mass is 16.1. The van der Waals surface area contributed by atoms with Crippen LogP contribution in [-0.4, -0.2) is 26.0 Å². The van der Waals surface area contributed by atoms with Gasteiger partial charge in [-0.05, 0) is 49.5 Å². The van der Waals surface area contributed by atoms with Gasteiger partial charge in [-0.25, -0.2) is 0 Å². The molecular formula is C13H24N2O. The normalized spacial score (nSPS) is 35.3. The molecule has 0 aliphatic heterocycles. The molecule has 3 saturated carbocycles. The first-order valence-electron chi connectivity index (χ1n) is 6.47. The van der Waals surface area contributed by atoms with Crippen molar-refractivity contribution < 1.29 is 4.79 Å². The van der Waals surface area contributed by atoms with E-state index in [1.807, 2.05) is 0 Å². The Labute approximate surface area is 98.4 Å². The van der Waals surface area contributed by atoms with E-state index in [4.69, 9.17) is 0 Å². The topological polar surface area (TPSA) is 41.1 Å². The molecule has 3 rings (SSSR count). The molecule has 0 heterocycles. The third kappa shape index (κ3) is 1.97. The van der Waals surface area contributed by atoms with E-state index in [1.165, 1.54) is 19.3 Å². The molecular weight excluding hydrogens is 200 g/mol. The van der Waals surface area contributed by atoms with E-state index in [1.54, 1.807) is 7.05 Å². The van der Waals surface area contributed by atoms with Crippen LogP contribution in [0.5, 0.6) is 0 Å². The van der Waals surface area contributed by atoms with Crippen LogP contribution in [0.1, 0.15) is 33.1 Å². The zero-order chi connectivity index (χ0) is 11.8. The van der Waals surface area contributed by atoms with Crippen molar-refractivity contribution in [3.8, 4) is 0 Å². The summed E-state index contributed by atoms with van der Waals surface area (Å²) in [6.45, 7) is 6.10. The Morgan fingerprint density at radius 2 is 2.12 bits per heavy atom. The van der Waals surface area contributed by atoms with Gasteiger partial charge in [0.05, 0.1) is 6.54 Å². The minimum Gasteiger partial charge on any atom is -0.355 e. The Balaban J connectivity index is 1.80. The first-order valence-corrected chi connectivity index (χ1v) is 6.47. The summed E-state index contributed by atoms with van der Waals surface area (Å²) in [5.41, 5.74) is 0.524. The first kappa shape index (κ1) is 11.9. The molecule has 0 radical (unpaired) electrons. The molecule has 3 atom stereocenters. The van der Waals surface area contributed by atoms with Crippen LogP contribution >= 0.6 is 0 Å². The summed E-state index contributed by atoms with van der Waals surface area (Å²) >= 11 is 0. The van der Waals surface area contributed by atoms with Gasteiger partial charge in [0.25, 0.3) is 0 Å². The molecule has 16 heavy (non-hydrogen) atoms. The molecule has 3 heteroatoms. The largest absolute Gasteiger partial charge is 0.355 e. The number of fused-ring (bicyclic) bond motifs is 2. The number of carbonyl (C=O) groups is 1. The Morgan fingerprint density at radius 3 is 2.69 bits per heavy atom. The van der Waals surface area contributed by atoms with E-state index in [0.717, 1.165) is 18.4 Å². The van der Waals surface area contributed by atoms with Crippen LogP contribution in [0.4, 0.5) is 0 Å². The Bertz CT molecular complexity index is 273. The monoisotopic (exact) mass is 224 g/mol. The SMILES string of the molecule is CNCC(=O)NCC1CCC2CC1C2(C)C. The minimum absolute atomic E-state index is 0.127. The fourth-order valence-electron chi connectivity index (χ4n) is 3.67. The second-order valence-electron chi connectivity index (χ2n) is 6.03. The van der Waals surface area contributed by atoms with Gasteiger partial charge in [-0.3, -0.25) is 4.79 Å². The van der Waals surface area contributed by atoms with E-state index in [9.17, 15) is 4.79 Å². The molecule has 3 fully saturated rings. The van der Waals surface area contributed by atoms with E-state index >= 15 is 0 Å². The van der Waals surface area contributed by atoms with Crippen LogP contribution in [-0.2, 0) is 4.79 Å². The van der Waals surface area contributed by atoms with Crippen LogP contribution in [0, 0.1) is 23.2 Å². The number of carbonyl (C=O) groups excluding carboxylic acids is 1. The maximum Gasteiger partial charge on any atom is 0.233 e. The molecule has 0 aromatic carbocycles. The summed E-state index contributed by atoms with van der Waals surface area (Å²) in [5.74, 6) is 2.62. The van der Waals surface area contributed by atoms with Gasteiger partial charge in [0.2, 0.25) is 5.91 Å². The Hall–Kier alpha value is -0.570. The standard InChI is InChI=1S/C13H24N2O/c1-13(2)10-5-4-9(11(13)6-10)7-15-12(16)8-14-3/h9-11,14H,4-8H2,1-3H3,(H,15,16). The maximum atomic E-state index is 11.4. The molecule has 0 spiro atoms. The van der Waals surface area contributed by atoms with E-state index in [-0.39, 0.29) is 5.91 Å². The summed E-state index contributed by atoms with van der Waals surface area (Å²) in [6.07, 6.45) is 4.05. The summed E-state index contributed by atoms with van der Waals surface area (Å²) in [6, 6.07) is 0. The van der Waals surface area contributed by atoms with Crippen molar-refractivity contribution in [1.29, 1.82) is 0 Å². The van der Waals surface area contributed by atoms with Gasteiger partial charge in [-0.2, -0.15) is 0 Å². The summed E-state index contributed by atoms with van der Waals surface area (Å²) in [5, 5.41) is 5.93. The number of rotatable bonds is 4. The molecule has 2 N–H and O–H groups in total. The molecule has 1 amide bonds. The van der Waals surface area contributed by atoms with Crippen LogP contribution in [0.25, 0.3) is 0 Å². The van der Waals surface area contributed by atoms with Crippen LogP contribution in [0.3, 0.4) is 0 Å². The fraction of sp³-hybridized carbons (Fsp3) is 0.923. The fourth-order valence-corrected chi connectivity index (χ4v) is 3.67. The molecule has 3 aliphatic carbocycles. The zero-order valence-corrected chi connectivity index (χ0v) is 10.7. The van der Waals surface area contributed by atoms with E-state index in [0.29, 0.717) is 17.9 Å². The lowest BCUT2D eigenvalue weighted by Crippen LogP contribution is -2.54. The Morgan fingerprint density at radius 1 is 1.38 bits per heavy atom. The van der Waals surface area contributed by atoms with Gasteiger partial charge in [0.1, 0.15) is 0 Å². The van der Waals surface area contributed by atoms with Crippen LogP contribution in [0.2, 0.25) is 0 Å². The lowest BCUT2D eigenvalue weighted by atomic mass is 9.45. The van der Waals surface area contributed by atoms with Crippen molar-refractivity contribution in [2.75, 3.05) is 20.1 Å². The van der Waals surface area contributed by atoms with Gasteiger partial charge in [-0.15, -0.1) is 0 Å². The van der Waals surface area contributed by atoms with Gasteiger partial charge in [0, 0.05) is 6.54 Å². The van der Waals surface area contributed by atoms with Crippen molar-refractivity contribution >= 4 is 5.91 Å². The van der Waals surface area contributed by atoms with Crippen molar-refractivity contribution in [2.45, 2.75) is 33.1 Å². The van der Waals surface area contributed by atoms with Gasteiger partial charge < -0.3 is 10.6 Å². The predicted octanol–water partition coefficient (Wildman–Crippen LogP) is 1.39. The number of hydrogen-bond acceptors (Lipinski definition) is 2. The van der Waals surface area contributed by atoms with Crippen molar-refractivity contribution in [3.63, 3.8) is 0 Å². The minimum atomic E-state index is 0.127. The van der Waals surface area contributed by atoms with Crippen LogP contribution in [0.15, 0.2) is 0 Å². The number of likely N-dealkylation sites (N-methyl/N-ethyl adjacent to an activating group) is 1. The quantitative estimate of drug-likeness (QED) is 0.758. The lowest BCUT2D eigenvalue weighted by Gasteiger charge is -2.60. The van der Waals surface area contributed by atoms with Gasteiger partial charge in [-0.1, -0.05) is 13.8 Å². The van der Waals surface area contributed by atoms with Gasteiger partial charge in [0.15, 0.2) is 0 Å². The second-order valence-corrected chi connectivity index (χ2v) is 6.03. The highest BCUT2D eigenvalue weighted by Crippen LogP contribution is 2.61. The predicted molar refractivity (Wildman–Crippen MR) is 65.0 cm³/mol. The molecule has 3 nitrogen and oxygen atoms in total. The average molecular weight is 224 g/mol. The van der Waals surface area contributed by atoms with Crippen LogP contribution < -0.4 is 10.6 Å². The van der Waals surface area contributed by atoms with Crippen molar-refractivity contribution in [1.82, 2.24) is 10.6 Å². The molecule has 0 aromatic heterocycles. The average Bonchev–Trinajstić information content (AvgIpc) is 2.27. The zero-order valence-electron chi connectivity index (χ0n) is 10.7. The van der Waals surface area contributed by atoms with Gasteiger partial charge >= 0.3 is 0 Å². The van der Waals surface area contributed by atoms with E-state index < -0.39 is 0 Å². The summed E-state index contributed by atoms with van der Waals surface area (Å²) in [4.78, 5) is 11.4. The first-order chi connectivity index (χ1) is 7.55. The third-order valence-electron chi connectivity index (χ3n) is 4.90. The molecule has 92 valence electrons. The molecule has 0 aromatic rings. The molecule has 3 unspecified atom stereocenters. The van der Waals surface area contributed by atoms with Crippen molar-refractivity contribution in [3.05, 3.63) is 0 Å². The van der Waals surface area contributed by atoms with E-state index in [2.05, 4.69) is 24.5 Å². The van der Waals surface area contributed by atoms with Crippen molar-refractivity contribution in [2.24, 2.45) is 23.2 Å². The highest BCUT2D eigenvalue weighted by molar-refractivity contribution is 5.77.